The second-order valence-electron chi connectivity index (χ2n) is 8.76. The van der Waals surface area contributed by atoms with Crippen LogP contribution in [0.1, 0.15) is 32.7 Å². The highest BCUT2D eigenvalue weighted by atomic mass is 19.4. The highest BCUT2D eigenvalue weighted by molar-refractivity contribution is 5.95. The Kier molecular flexibility index (Phi) is 7.10. The molecule has 4 rings (SSSR count). The predicted octanol–water partition coefficient (Wildman–Crippen LogP) is 6.08. The van der Waals surface area contributed by atoms with Gasteiger partial charge in [0.05, 0.1) is 11.3 Å². The van der Waals surface area contributed by atoms with Crippen LogP contribution < -0.4 is 10.2 Å². The van der Waals surface area contributed by atoms with Gasteiger partial charge in [0, 0.05) is 38.0 Å². The van der Waals surface area contributed by atoms with E-state index in [1.54, 1.807) is 42.6 Å². The van der Waals surface area contributed by atoms with Crippen LogP contribution in [0.3, 0.4) is 0 Å². The number of carbonyl (C=O) groups excluding carboxylic acids is 1. The Morgan fingerprint density at radius 3 is 2.11 bits per heavy atom. The molecule has 0 aliphatic carbocycles. The van der Waals surface area contributed by atoms with Gasteiger partial charge in [-0.05, 0) is 59.7 Å². The van der Waals surface area contributed by atoms with Crippen LogP contribution in [0.4, 0.5) is 18.9 Å². The summed E-state index contributed by atoms with van der Waals surface area (Å²) in [6, 6.07) is 26.6. The van der Waals surface area contributed by atoms with E-state index in [1.807, 2.05) is 61.5 Å². The van der Waals surface area contributed by atoms with Gasteiger partial charge in [-0.25, -0.2) is 0 Å². The van der Waals surface area contributed by atoms with Crippen LogP contribution in [0.15, 0.2) is 103 Å². The molecule has 3 aromatic carbocycles. The van der Waals surface area contributed by atoms with Gasteiger partial charge in [0.25, 0.3) is 5.91 Å². The fourth-order valence-electron chi connectivity index (χ4n) is 4.18. The maximum absolute atomic E-state index is 13.7. The van der Waals surface area contributed by atoms with Crippen LogP contribution >= 0.6 is 0 Å². The molecule has 0 spiro atoms. The van der Waals surface area contributed by atoms with Crippen molar-refractivity contribution < 1.29 is 18.0 Å². The number of amides is 1. The normalized spacial score (nSPS) is 13.0. The molecular formula is C29H26F3N3O. The molecule has 0 saturated carbocycles. The van der Waals surface area contributed by atoms with Crippen molar-refractivity contribution in [1.29, 1.82) is 0 Å². The smallest absolute Gasteiger partial charge is 0.378 e. The van der Waals surface area contributed by atoms with Crippen molar-refractivity contribution in [2.75, 3.05) is 19.0 Å². The van der Waals surface area contributed by atoms with Gasteiger partial charge in [0.1, 0.15) is 5.54 Å². The third-order valence-electron chi connectivity index (χ3n) is 6.07. The number of alkyl halides is 3. The number of halogens is 3. The zero-order valence-electron chi connectivity index (χ0n) is 20.0. The van der Waals surface area contributed by atoms with Crippen molar-refractivity contribution in [1.82, 2.24) is 10.3 Å². The Morgan fingerprint density at radius 1 is 0.833 bits per heavy atom. The molecule has 1 heterocycles. The van der Waals surface area contributed by atoms with Crippen LogP contribution in [0.2, 0.25) is 0 Å². The lowest BCUT2D eigenvalue weighted by atomic mass is 9.79. The number of nitrogens with one attached hydrogen (secondary N) is 1. The van der Waals surface area contributed by atoms with E-state index in [2.05, 4.69) is 10.3 Å². The monoisotopic (exact) mass is 489 g/mol. The SMILES string of the molecule is CN(C)c1ccc(C(=O)NC(Cc2ccccc2)(c2cccc(C(F)(F)F)c2)c2ccccn2)cc1. The molecule has 1 aromatic heterocycles. The van der Waals surface area contributed by atoms with Crippen molar-refractivity contribution >= 4 is 11.6 Å². The summed E-state index contributed by atoms with van der Waals surface area (Å²) in [5.41, 5.74) is 0.721. The molecule has 0 radical (unpaired) electrons. The van der Waals surface area contributed by atoms with Gasteiger partial charge in [-0.1, -0.05) is 48.5 Å². The lowest BCUT2D eigenvalue weighted by molar-refractivity contribution is -0.137. The highest BCUT2D eigenvalue weighted by Crippen LogP contribution is 2.37. The fraction of sp³-hybridized carbons (Fsp3) is 0.172. The topological polar surface area (TPSA) is 45.2 Å². The zero-order chi connectivity index (χ0) is 25.8. The third-order valence-corrected chi connectivity index (χ3v) is 6.07. The fourth-order valence-corrected chi connectivity index (χ4v) is 4.18. The van der Waals surface area contributed by atoms with Crippen LogP contribution in [0, 0.1) is 0 Å². The number of anilines is 1. The summed E-state index contributed by atoms with van der Waals surface area (Å²) in [6.45, 7) is 0. The Balaban J connectivity index is 1.88. The van der Waals surface area contributed by atoms with E-state index in [0.717, 1.165) is 23.4 Å². The van der Waals surface area contributed by atoms with Crippen LogP contribution in [-0.4, -0.2) is 25.0 Å². The van der Waals surface area contributed by atoms with E-state index in [1.165, 1.54) is 6.07 Å². The van der Waals surface area contributed by atoms with Gasteiger partial charge in [0.15, 0.2) is 0 Å². The van der Waals surface area contributed by atoms with E-state index in [4.69, 9.17) is 0 Å². The molecule has 36 heavy (non-hydrogen) atoms. The standard InChI is InChI=1S/C29H26F3N3O/c1-35(2)25-16-14-22(15-17-25)27(36)34-28(26-13-6-7-18-33-26,20-21-9-4-3-5-10-21)23-11-8-12-24(19-23)29(30,31)32/h3-19H,20H2,1-2H3,(H,34,36). The second-order valence-corrected chi connectivity index (χ2v) is 8.76. The quantitative estimate of drug-likeness (QED) is 0.342. The lowest BCUT2D eigenvalue weighted by Crippen LogP contribution is -2.49. The number of pyridine rings is 1. The molecule has 0 fully saturated rings. The lowest BCUT2D eigenvalue weighted by Gasteiger charge is -2.36. The summed E-state index contributed by atoms with van der Waals surface area (Å²) in [7, 11) is 3.79. The van der Waals surface area contributed by atoms with Crippen molar-refractivity contribution in [3.63, 3.8) is 0 Å². The minimum absolute atomic E-state index is 0.202. The van der Waals surface area contributed by atoms with E-state index >= 15 is 0 Å². The second kappa shape index (κ2) is 10.2. The summed E-state index contributed by atoms with van der Waals surface area (Å²) in [5.74, 6) is -0.417. The van der Waals surface area contributed by atoms with Crippen molar-refractivity contribution in [2.24, 2.45) is 0 Å². The molecule has 1 N–H and O–H groups in total. The van der Waals surface area contributed by atoms with Gasteiger partial charge in [0.2, 0.25) is 0 Å². The Bertz CT molecular complexity index is 1310. The van der Waals surface area contributed by atoms with Gasteiger partial charge in [-0.3, -0.25) is 9.78 Å². The van der Waals surface area contributed by atoms with Crippen molar-refractivity contribution in [3.8, 4) is 0 Å². The zero-order valence-corrected chi connectivity index (χ0v) is 20.0. The molecule has 1 amide bonds. The molecule has 4 nitrogen and oxygen atoms in total. The largest absolute Gasteiger partial charge is 0.416 e. The van der Waals surface area contributed by atoms with E-state index in [-0.39, 0.29) is 12.0 Å². The molecule has 0 aliphatic heterocycles. The number of rotatable bonds is 7. The Labute approximate surface area is 208 Å². The first kappa shape index (κ1) is 25.0. The summed E-state index contributed by atoms with van der Waals surface area (Å²) in [4.78, 5) is 20.0. The van der Waals surface area contributed by atoms with Gasteiger partial charge < -0.3 is 10.2 Å². The molecule has 1 unspecified atom stereocenters. The molecule has 0 bridgehead atoms. The van der Waals surface area contributed by atoms with Crippen LogP contribution in [0.25, 0.3) is 0 Å². The van der Waals surface area contributed by atoms with Gasteiger partial charge in [-0.2, -0.15) is 13.2 Å². The van der Waals surface area contributed by atoms with E-state index in [9.17, 15) is 18.0 Å². The number of hydrogen-bond donors (Lipinski definition) is 1. The molecule has 1 atom stereocenters. The highest BCUT2D eigenvalue weighted by Gasteiger charge is 2.40. The van der Waals surface area contributed by atoms with Gasteiger partial charge >= 0.3 is 6.18 Å². The average Bonchev–Trinajstić information content (AvgIpc) is 2.89. The first-order chi connectivity index (χ1) is 17.2. The summed E-state index contributed by atoms with van der Waals surface area (Å²) < 4.78 is 41.1. The summed E-state index contributed by atoms with van der Waals surface area (Å²) in [6.07, 6.45) is -2.76. The Morgan fingerprint density at radius 2 is 1.50 bits per heavy atom. The molecule has 0 aliphatic rings. The average molecular weight is 490 g/mol. The maximum atomic E-state index is 13.7. The summed E-state index contributed by atoms with van der Waals surface area (Å²) in [5, 5.41) is 3.07. The first-order valence-electron chi connectivity index (χ1n) is 11.4. The van der Waals surface area contributed by atoms with Crippen LogP contribution in [-0.2, 0) is 18.1 Å². The number of nitrogens with zero attached hydrogens (tertiary/aromatic N) is 2. The van der Waals surface area contributed by atoms with E-state index in [0.29, 0.717) is 11.3 Å². The number of hydrogen-bond acceptors (Lipinski definition) is 3. The molecule has 0 saturated heterocycles. The molecular weight excluding hydrogens is 463 g/mol. The van der Waals surface area contributed by atoms with Crippen molar-refractivity contribution in [3.05, 3.63) is 131 Å². The Hall–Kier alpha value is -4.13. The number of benzene rings is 3. The molecule has 7 heteroatoms. The minimum atomic E-state index is -4.54. The number of carbonyl (C=O) groups is 1. The minimum Gasteiger partial charge on any atom is -0.378 e. The van der Waals surface area contributed by atoms with Gasteiger partial charge in [-0.15, -0.1) is 0 Å². The molecule has 4 aromatic rings. The van der Waals surface area contributed by atoms with Crippen LogP contribution in [0.5, 0.6) is 0 Å². The first-order valence-corrected chi connectivity index (χ1v) is 11.4. The van der Waals surface area contributed by atoms with E-state index < -0.39 is 23.2 Å². The maximum Gasteiger partial charge on any atom is 0.416 e. The summed E-state index contributed by atoms with van der Waals surface area (Å²) >= 11 is 0. The predicted molar refractivity (Wildman–Crippen MR) is 135 cm³/mol. The number of aromatic nitrogens is 1. The molecule has 184 valence electrons. The van der Waals surface area contributed by atoms with Crippen molar-refractivity contribution in [2.45, 2.75) is 18.1 Å². The third kappa shape index (κ3) is 5.40.